The van der Waals surface area contributed by atoms with Crippen LogP contribution in [0, 0.1) is 0 Å². The molecule has 0 radical (unpaired) electrons. The number of rotatable bonds is 4. The van der Waals surface area contributed by atoms with E-state index in [9.17, 15) is 4.79 Å². The van der Waals surface area contributed by atoms with Gasteiger partial charge in [-0.05, 0) is 12.8 Å². The third-order valence-electron chi connectivity index (χ3n) is 3.97. The SMILES string of the molecule is COCc1cc(C(=O)NC2CCC3(CC2)OCCO3)no1. The topological polar surface area (TPSA) is 82.8 Å². The first-order chi connectivity index (χ1) is 10.2. The summed E-state index contributed by atoms with van der Waals surface area (Å²) in [7, 11) is 1.56. The Balaban J connectivity index is 1.51. The van der Waals surface area contributed by atoms with Crippen molar-refractivity contribution in [1.29, 1.82) is 0 Å². The maximum atomic E-state index is 12.1. The Morgan fingerprint density at radius 2 is 2.14 bits per heavy atom. The predicted octanol–water partition coefficient (Wildman–Crippen LogP) is 1.24. The molecule has 3 rings (SSSR count). The second-order valence-corrected chi connectivity index (χ2v) is 5.47. The van der Waals surface area contributed by atoms with Gasteiger partial charge in [-0.1, -0.05) is 5.16 Å². The van der Waals surface area contributed by atoms with Crippen LogP contribution in [0.2, 0.25) is 0 Å². The number of aromatic nitrogens is 1. The number of ether oxygens (including phenoxy) is 3. The Morgan fingerprint density at radius 3 is 2.81 bits per heavy atom. The molecule has 1 amide bonds. The molecule has 7 heteroatoms. The summed E-state index contributed by atoms with van der Waals surface area (Å²) in [5.41, 5.74) is 0.288. The van der Waals surface area contributed by atoms with E-state index in [4.69, 9.17) is 18.7 Å². The van der Waals surface area contributed by atoms with Gasteiger partial charge in [0.05, 0.1) is 13.2 Å². The number of nitrogens with zero attached hydrogens (tertiary/aromatic N) is 1. The fraction of sp³-hybridized carbons (Fsp3) is 0.714. The van der Waals surface area contributed by atoms with Gasteiger partial charge in [-0.2, -0.15) is 0 Å². The Labute approximate surface area is 122 Å². The lowest BCUT2D eigenvalue weighted by atomic mass is 9.90. The van der Waals surface area contributed by atoms with Gasteiger partial charge in [-0.25, -0.2) is 0 Å². The Hall–Kier alpha value is -1.44. The predicted molar refractivity (Wildman–Crippen MR) is 71.6 cm³/mol. The quantitative estimate of drug-likeness (QED) is 0.900. The van der Waals surface area contributed by atoms with Crippen LogP contribution in [0.1, 0.15) is 41.9 Å². The summed E-state index contributed by atoms with van der Waals surface area (Å²) in [4.78, 5) is 12.1. The van der Waals surface area contributed by atoms with Crippen molar-refractivity contribution in [2.45, 2.75) is 44.1 Å². The standard InChI is InChI=1S/C14H20N2O5/c1-18-9-11-8-12(16-21-11)13(17)15-10-2-4-14(5-3-10)19-6-7-20-14/h8,10H,2-7,9H2,1H3,(H,15,17). The van der Waals surface area contributed by atoms with E-state index in [0.29, 0.717) is 25.6 Å². The van der Waals surface area contributed by atoms with Crippen molar-refractivity contribution in [3.05, 3.63) is 17.5 Å². The molecule has 1 spiro atoms. The molecule has 1 saturated heterocycles. The van der Waals surface area contributed by atoms with Gasteiger partial charge in [0.1, 0.15) is 6.61 Å². The third kappa shape index (κ3) is 3.25. The molecule has 0 bridgehead atoms. The molecule has 1 aliphatic carbocycles. The van der Waals surface area contributed by atoms with Crippen molar-refractivity contribution in [2.75, 3.05) is 20.3 Å². The molecular formula is C14H20N2O5. The van der Waals surface area contributed by atoms with Crippen LogP contribution >= 0.6 is 0 Å². The molecule has 2 aliphatic rings. The van der Waals surface area contributed by atoms with Gasteiger partial charge < -0.3 is 24.1 Å². The Kier molecular flexibility index (Phi) is 4.23. The summed E-state index contributed by atoms with van der Waals surface area (Å²) >= 11 is 0. The van der Waals surface area contributed by atoms with Crippen molar-refractivity contribution in [2.24, 2.45) is 0 Å². The molecule has 1 aromatic rings. The zero-order valence-corrected chi connectivity index (χ0v) is 12.1. The van der Waals surface area contributed by atoms with Crippen LogP contribution in [-0.4, -0.2) is 43.2 Å². The highest BCUT2D eigenvalue weighted by molar-refractivity contribution is 5.92. The van der Waals surface area contributed by atoms with Gasteiger partial charge in [-0.15, -0.1) is 0 Å². The molecule has 2 fully saturated rings. The highest BCUT2D eigenvalue weighted by atomic mass is 16.7. The van der Waals surface area contributed by atoms with E-state index in [1.807, 2.05) is 0 Å². The van der Waals surface area contributed by atoms with Crippen molar-refractivity contribution in [3.63, 3.8) is 0 Å². The second-order valence-electron chi connectivity index (χ2n) is 5.47. The molecule has 1 saturated carbocycles. The minimum Gasteiger partial charge on any atom is -0.377 e. The highest BCUT2D eigenvalue weighted by Gasteiger charge is 2.40. The van der Waals surface area contributed by atoms with Crippen molar-refractivity contribution in [3.8, 4) is 0 Å². The summed E-state index contributed by atoms with van der Waals surface area (Å²) in [6.45, 7) is 1.64. The van der Waals surface area contributed by atoms with E-state index in [0.717, 1.165) is 25.7 Å². The summed E-state index contributed by atoms with van der Waals surface area (Å²) in [6.07, 6.45) is 3.31. The summed E-state index contributed by atoms with van der Waals surface area (Å²) in [6, 6.07) is 1.73. The van der Waals surface area contributed by atoms with Gasteiger partial charge in [0.2, 0.25) is 0 Å². The number of hydrogen-bond donors (Lipinski definition) is 1. The normalized spacial score (nSPS) is 21.8. The van der Waals surface area contributed by atoms with Crippen molar-refractivity contribution < 1.29 is 23.5 Å². The van der Waals surface area contributed by atoms with E-state index in [2.05, 4.69) is 10.5 Å². The Morgan fingerprint density at radius 1 is 1.43 bits per heavy atom. The molecule has 0 atom stereocenters. The average Bonchev–Trinajstić information content (AvgIpc) is 3.12. The first-order valence-corrected chi connectivity index (χ1v) is 7.24. The Bertz CT molecular complexity index is 485. The summed E-state index contributed by atoms with van der Waals surface area (Å²) < 4.78 is 21.3. The molecule has 2 heterocycles. The lowest BCUT2D eigenvalue weighted by molar-refractivity contribution is -0.179. The highest BCUT2D eigenvalue weighted by Crippen LogP contribution is 2.35. The first-order valence-electron chi connectivity index (χ1n) is 7.24. The van der Waals surface area contributed by atoms with E-state index in [-0.39, 0.29) is 17.6 Å². The van der Waals surface area contributed by atoms with Crippen LogP contribution in [0.5, 0.6) is 0 Å². The van der Waals surface area contributed by atoms with E-state index in [1.54, 1.807) is 13.2 Å². The van der Waals surface area contributed by atoms with Crippen LogP contribution in [0.15, 0.2) is 10.6 Å². The monoisotopic (exact) mass is 296 g/mol. The number of carbonyl (C=O) groups is 1. The maximum absolute atomic E-state index is 12.1. The average molecular weight is 296 g/mol. The minimum atomic E-state index is -0.402. The van der Waals surface area contributed by atoms with E-state index < -0.39 is 5.79 Å². The number of nitrogens with one attached hydrogen (secondary N) is 1. The molecular weight excluding hydrogens is 276 g/mol. The molecule has 1 aliphatic heterocycles. The van der Waals surface area contributed by atoms with Gasteiger partial charge in [-0.3, -0.25) is 4.79 Å². The first kappa shape index (κ1) is 14.5. The summed E-state index contributed by atoms with van der Waals surface area (Å²) in [5, 5.41) is 6.74. The minimum absolute atomic E-state index is 0.124. The molecule has 21 heavy (non-hydrogen) atoms. The number of carbonyl (C=O) groups excluding carboxylic acids is 1. The zero-order valence-electron chi connectivity index (χ0n) is 12.1. The fourth-order valence-corrected chi connectivity index (χ4v) is 2.88. The van der Waals surface area contributed by atoms with Crippen LogP contribution in [0.3, 0.4) is 0 Å². The molecule has 116 valence electrons. The van der Waals surface area contributed by atoms with Gasteiger partial charge in [0.25, 0.3) is 5.91 Å². The number of hydrogen-bond acceptors (Lipinski definition) is 6. The van der Waals surface area contributed by atoms with Crippen LogP contribution in [-0.2, 0) is 20.8 Å². The maximum Gasteiger partial charge on any atom is 0.273 e. The molecule has 0 unspecified atom stereocenters. The molecule has 1 aromatic heterocycles. The summed E-state index contributed by atoms with van der Waals surface area (Å²) in [5.74, 6) is -0.0749. The zero-order chi connectivity index (χ0) is 14.7. The molecule has 7 nitrogen and oxygen atoms in total. The fourth-order valence-electron chi connectivity index (χ4n) is 2.88. The van der Waals surface area contributed by atoms with Crippen molar-refractivity contribution >= 4 is 5.91 Å². The van der Waals surface area contributed by atoms with Gasteiger partial charge >= 0.3 is 0 Å². The lowest BCUT2D eigenvalue weighted by Crippen LogP contribution is -2.44. The van der Waals surface area contributed by atoms with Gasteiger partial charge in [0, 0.05) is 32.1 Å². The van der Waals surface area contributed by atoms with Crippen LogP contribution < -0.4 is 5.32 Å². The van der Waals surface area contributed by atoms with E-state index in [1.165, 1.54) is 0 Å². The lowest BCUT2D eigenvalue weighted by Gasteiger charge is -2.35. The third-order valence-corrected chi connectivity index (χ3v) is 3.97. The smallest absolute Gasteiger partial charge is 0.273 e. The molecule has 1 N–H and O–H groups in total. The second kappa shape index (κ2) is 6.13. The van der Waals surface area contributed by atoms with Gasteiger partial charge in [0.15, 0.2) is 17.2 Å². The number of amides is 1. The number of methoxy groups -OCH3 is 1. The van der Waals surface area contributed by atoms with Crippen molar-refractivity contribution in [1.82, 2.24) is 10.5 Å². The molecule has 0 aromatic carbocycles. The largest absolute Gasteiger partial charge is 0.377 e. The van der Waals surface area contributed by atoms with E-state index >= 15 is 0 Å². The van der Waals surface area contributed by atoms with Crippen LogP contribution in [0.4, 0.5) is 0 Å². The van der Waals surface area contributed by atoms with Crippen LogP contribution in [0.25, 0.3) is 0 Å².